The first kappa shape index (κ1) is 31.8. The molecule has 0 aliphatic carbocycles. The highest BCUT2D eigenvalue weighted by Gasteiger charge is 2.38. The van der Waals surface area contributed by atoms with Crippen molar-refractivity contribution in [3.8, 4) is 56.4 Å². The summed E-state index contributed by atoms with van der Waals surface area (Å²) in [6, 6.07) is 41.2. The summed E-state index contributed by atoms with van der Waals surface area (Å²) in [5, 5.41) is 15.7. The van der Waals surface area contributed by atoms with Gasteiger partial charge in [-0.15, -0.1) is 0 Å². The summed E-state index contributed by atoms with van der Waals surface area (Å²) in [7, 11) is 0. The van der Waals surface area contributed by atoms with Crippen molar-refractivity contribution in [3.05, 3.63) is 133 Å². The molecule has 7 rings (SSSR count). The number of carboxylic acids is 1. The standard InChI is InChI=1S/C35H26N6.C2HF3O2/c36-22-23-11-13-27(14-12-23)32-29(26-9-5-2-6-10-26)21-30-31(38-32)19-20-37-33(30)35-39-34(40-41-35)28-17-15-25(16-18-28)24-7-3-1-4-8-24;3-2(4,5)1(6)7/h1-21H,22,36H2,(H,39,40,41);(H,6,7). The largest absolute Gasteiger partial charge is 0.490 e. The van der Waals surface area contributed by atoms with Crippen LogP contribution >= 0.6 is 0 Å². The Morgan fingerprint density at radius 1 is 0.708 bits per heavy atom. The van der Waals surface area contributed by atoms with E-state index in [2.05, 4.69) is 76.9 Å². The van der Waals surface area contributed by atoms with E-state index in [1.807, 2.05) is 54.6 Å². The number of aromatic nitrogens is 5. The predicted molar refractivity (Wildman–Crippen MR) is 178 cm³/mol. The van der Waals surface area contributed by atoms with Gasteiger partial charge in [0.15, 0.2) is 11.6 Å². The second-order valence-electron chi connectivity index (χ2n) is 10.6. The van der Waals surface area contributed by atoms with E-state index in [4.69, 9.17) is 30.6 Å². The number of nitrogens with two attached hydrogens (primary N) is 1. The van der Waals surface area contributed by atoms with E-state index in [1.165, 1.54) is 5.56 Å². The van der Waals surface area contributed by atoms with Gasteiger partial charge in [-0.05, 0) is 34.4 Å². The maximum Gasteiger partial charge on any atom is 0.490 e. The molecule has 0 fully saturated rings. The van der Waals surface area contributed by atoms with Gasteiger partial charge in [-0.3, -0.25) is 10.1 Å². The molecule has 3 heterocycles. The number of nitrogens with one attached hydrogen (secondary N) is 1. The normalized spacial score (nSPS) is 11.2. The Bertz CT molecular complexity index is 2170. The predicted octanol–water partition coefficient (Wildman–Crippen LogP) is 8.17. The highest BCUT2D eigenvalue weighted by Crippen LogP contribution is 2.36. The number of nitrogens with zero attached hydrogens (tertiary/aromatic N) is 4. The molecule has 0 aliphatic rings. The summed E-state index contributed by atoms with van der Waals surface area (Å²) in [5.74, 6) is -1.54. The average Bonchev–Trinajstić information content (AvgIpc) is 3.62. The molecular weight excluding hydrogens is 617 g/mol. The molecule has 0 bridgehead atoms. The van der Waals surface area contributed by atoms with Crippen LogP contribution in [0.5, 0.6) is 0 Å². The molecule has 4 aromatic carbocycles. The van der Waals surface area contributed by atoms with E-state index in [-0.39, 0.29) is 0 Å². The topological polar surface area (TPSA) is 131 Å². The van der Waals surface area contributed by atoms with Crippen LogP contribution in [0.3, 0.4) is 0 Å². The number of fused-ring (bicyclic) bond motifs is 1. The molecule has 0 atom stereocenters. The Kier molecular flexibility index (Phi) is 9.04. The summed E-state index contributed by atoms with van der Waals surface area (Å²) in [6.07, 6.45) is -3.31. The van der Waals surface area contributed by atoms with Crippen molar-refractivity contribution in [2.24, 2.45) is 5.73 Å². The van der Waals surface area contributed by atoms with Gasteiger partial charge in [0.2, 0.25) is 0 Å². The number of benzene rings is 4. The van der Waals surface area contributed by atoms with E-state index < -0.39 is 12.1 Å². The quantitative estimate of drug-likeness (QED) is 0.166. The van der Waals surface area contributed by atoms with Crippen molar-refractivity contribution >= 4 is 16.9 Å². The molecule has 7 aromatic rings. The van der Waals surface area contributed by atoms with Gasteiger partial charge >= 0.3 is 12.1 Å². The van der Waals surface area contributed by atoms with Crippen molar-refractivity contribution in [2.45, 2.75) is 12.7 Å². The summed E-state index contributed by atoms with van der Waals surface area (Å²) < 4.78 is 31.7. The van der Waals surface area contributed by atoms with Gasteiger partial charge in [0.25, 0.3) is 0 Å². The minimum absolute atomic E-state index is 0.502. The minimum atomic E-state index is -5.08. The fraction of sp³-hybridized carbons (Fsp3) is 0.0541. The van der Waals surface area contributed by atoms with Crippen LogP contribution < -0.4 is 5.73 Å². The van der Waals surface area contributed by atoms with Crippen LogP contribution in [0.4, 0.5) is 13.2 Å². The lowest BCUT2D eigenvalue weighted by atomic mass is 9.96. The third-order valence-corrected chi connectivity index (χ3v) is 7.49. The van der Waals surface area contributed by atoms with E-state index in [1.54, 1.807) is 6.20 Å². The van der Waals surface area contributed by atoms with E-state index in [0.29, 0.717) is 23.9 Å². The van der Waals surface area contributed by atoms with E-state index in [9.17, 15) is 13.2 Å². The van der Waals surface area contributed by atoms with Crippen molar-refractivity contribution in [2.75, 3.05) is 0 Å². The van der Waals surface area contributed by atoms with Gasteiger partial charge in [0.05, 0.1) is 11.2 Å². The van der Waals surface area contributed by atoms with Crippen LogP contribution in [0.1, 0.15) is 5.56 Å². The summed E-state index contributed by atoms with van der Waals surface area (Å²) >= 11 is 0. The van der Waals surface area contributed by atoms with Crippen LogP contribution in [0.25, 0.3) is 67.3 Å². The molecule has 0 saturated heterocycles. The number of carbonyl (C=O) groups is 1. The van der Waals surface area contributed by atoms with Gasteiger partial charge in [-0.25, -0.2) is 14.8 Å². The Morgan fingerprint density at radius 3 is 1.88 bits per heavy atom. The van der Waals surface area contributed by atoms with Gasteiger partial charge in [-0.1, -0.05) is 109 Å². The van der Waals surface area contributed by atoms with Crippen molar-refractivity contribution in [3.63, 3.8) is 0 Å². The summed E-state index contributed by atoms with van der Waals surface area (Å²) in [5.41, 5.74) is 15.7. The monoisotopic (exact) mass is 644 g/mol. The molecule has 0 saturated carbocycles. The number of hydrogen-bond acceptors (Lipinski definition) is 6. The lowest BCUT2D eigenvalue weighted by Crippen LogP contribution is -2.21. The minimum Gasteiger partial charge on any atom is -0.475 e. The molecule has 238 valence electrons. The zero-order chi connectivity index (χ0) is 33.7. The molecule has 4 N–H and O–H groups in total. The number of pyridine rings is 2. The number of alkyl halides is 3. The zero-order valence-electron chi connectivity index (χ0n) is 25.2. The number of H-pyrrole nitrogens is 1. The number of carboxylic acid groups (broad SMARTS) is 1. The van der Waals surface area contributed by atoms with Crippen LogP contribution in [-0.4, -0.2) is 42.4 Å². The van der Waals surface area contributed by atoms with Crippen LogP contribution in [0, 0.1) is 0 Å². The Balaban J connectivity index is 0.000000519. The Hall–Kier alpha value is -6.20. The van der Waals surface area contributed by atoms with Crippen LogP contribution in [0.15, 0.2) is 128 Å². The first-order chi connectivity index (χ1) is 23.2. The first-order valence-electron chi connectivity index (χ1n) is 14.7. The third kappa shape index (κ3) is 6.96. The molecule has 3 aromatic heterocycles. The second kappa shape index (κ2) is 13.7. The van der Waals surface area contributed by atoms with Crippen LogP contribution in [0.2, 0.25) is 0 Å². The SMILES string of the molecule is NCc1ccc(-c2nc3ccnc(-c4nc(-c5ccc(-c6ccccc6)cc5)n[nH]4)c3cc2-c2ccccc2)cc1.O=C(O)C(F)(F)F. The molecule has 0 aliphatic heterocycles. The third-order valence-electron chi connectivity index (χ3n) is 7.49. The average molecular weight is 645 g/mol. The smallest absolute Gasteiger partial charge is 0.475 e. The van der Waals surface area contributed by atoms with E-state index >= 15 is 0 Å². The maximum absolute atomic E-state index is 10.6. The van der Waals surface area contributed by atoms with Gasteiger partial charge in [0, 0.05) is 34.8 Å². The summed E-state index contributed by atoms with van der Waals surface area (Å²) in [4.78, 5) is 23.6. The molecule has 0 amide bonds. The van der Waals surface area contributed by atoms with Gasteiger partial charge in [0.1, 0.15) is 5.69 Å². The molecular formula is C37H27F3N6O2. The van der Waals surface area contributed by atoms with E-state index in [0.717, 1.165) is 50.0 Å². The number of hydrogen-bond donors (Lipinski definition) is 3. The zero-order valence-corrected chi connectivity index (χ0v) is 25.2. The van der Waals surface area contributed by atoms with Gasteiger partial charge < -0.3 is 10.8 Å². The number of aromatic amines is 1. The highest BCUT2D eigenvalue weighted by molar-refractivity contribution is 5.97. The molecule has 48 heavy (non-hydrogen) atoms. The summed E-state index contributed by atoms with van der Waals surface area (Å²) in [6.45, 7) is 0.502. The maximum atomic E-state index is 10.6. The second-order valence-corrected chi connectivity index (χ2v) is 10.6. The van der Waals surface area contributed by atoms with Crippen LogP contribution in [-0.2, 0) is 11.3 Å². The van der Waals surface area contributed by atoms with Gasteiger partial charge in [-0.2, -0.15) is 18.3 Å². The lowest BCUT2D eigenvalue weighted by Gasteiger charge is -2.13. The number of rotatable bonds is 6. The number of aliphatic carboxylic acids is 1. The first-order valence-corrected chi connectivity index (χ1v) is 14.7. The van der Waals surface area contributed by atoms with Crippen molar-refractivity contribution < 1.29 is 23.1 Å². The molecule has 0 spiro atoms. The lowest BCUT2D eigenvalue weighted by molar-refractivity contribution is -0.192. The molecule has 0 radical (unpaired) electrons. The molecule has 0 unspecified atom stereocenters. The van der Waals surface area contributed by atoms with Crippen molar-refractivity contribution in [1.29, 1.82) is 0 Å². The van der Waals surface area contributed by atoms with Crippen molar-refractivity contribution in [1.82, 2.24) is 25.1 Å². The molecule has 8 nitrogen and oxygen atoms in total. The molecule has 11 heteroatoms. The number of halogens is 3. The fourth-order valence-corrected chi connectivity index (χ4v) is 5.08. The highest BCUT2D eigenvalue weighted by atomic mass is 19.4. The Labute approximate surface area is 272 Å². The Morgan fingerprint density at radius 2 is 1.27 bits per heavy atom. The fourth-order valence-electron chi connectivity index (χ4n) is 5.08.